The Morgan fingerprint density at radius 2 is 2.26 bits per heavy atom. The Morgan fingerprint density at radius 1 is 1.58 bits per heavy atom. The minimum Gasteiger partial charge on any atom is -0.342 e. The fraction of sp³-hybridized carbons (Fsp3) is 0.706. The van der Waals surface area contributed by atoms with E-state index in [9.17, 15) is 4.79 Å². The highest BCUT2D eigenvalue weighted by Crippen LogP contribution is 2.28. The predicted molar refractivity (Wildman–Crippen MR) is 81.9 cm³/mol. The van der Waals surface area contributed by atoms with Crippen molar-refractivity contribution in [2.75, 3.05) is 13.6 Å². The Kier molecular flexibility index (Phi) is 6.33. The normalized spacial score (nSPS) is 21.8. The largest absolute Gasteiger partial charge is 0.342 e. The number of carbonyl (C=O) groups is 1. The van der Waals surface area contributed by atoms with E-state index in [0.29, 0.717) is 5.92 Å². The van der Waals surface area contributed by atoms with Crippen molar-refractivity contribution in [1.82, 2.24) is 4.90 Å². The van der Waals surface area contributed by atoms with Crippen molar-refractivity contribution in [1.29, 1.82) is 0 Å². The minimum absolute atomic E-state index is 0.138. The van der Waals surface area contributed by atoms with Crippen LogP contribution in [0, 0.1) is 11.8 Å². The Labute approximate surface area is 118 Å². The van der Waals surface area contributed by atoms with Gasteiger partial charge in [-0.25, -0.2) is 0 Å². The lowest BCUT2D eigenvalue weighted by Crippen LogP contribution is -2.31. The molecule has 108 valence electrons. The summed E-state index contributed by atoms with van der Waals surface area (Å²) in [5.74, 6) is 1.07. The molecule has 0 saturated carbocycles. The van der Waals surface area contributed by atoms with E-state index in [0.717, 1.165) is 19.4 Å². The molecule has 2 heteroatoms. The van der Waals surface area contributed by atoms with E-state index in [1.807, 2.05) is 18.9 Å². The third-order valence-corrected chi connectivity index (χ3v) is 4.38. The van der Waals surface area contributed by atoms with E-state index in [2.05, 4.69) is 32.9 Å². The summed E-state index contributed by atoms with van der Waals surface area (Å²) in [5.41, 5.74) is 2.96. The summed E-state index contributed by atoms with van der Waals surface area (Å²) in [4.78, 5) is 13.8. The molecular weight excluding hydrogens is 234 g/mol. The van der Waals surface area contributed by atoms with Gasteiger partial charge < -0.3 is 4.90 Å². The molecule has 0 aliphatic heterocycles. The van der Waals surface area contributed by atoms with Crippen molar-refractivity contribution in [3.8, 4) is 0 Å². The highest BCUT2D eigenvalue weighted by molar-refractivity contribution is 5.78. The number of rotatable bonds is 5. The van der Waals surface area contributed by atoms with Gasteiger partial charge in [0.2, 0.25) is 5.91 Å². The number of hydrogen-bond donors (Lipinski definition) is 0. The van der Waals surface area contributed by atoms with E-state index >= 15 is 0 Å². The minimum atomic E-state index is 0.138. The van der Waals surface area contributed by atoms with E-state index in [-0.39, 0.29) is 11.8 Å². The zero-order valence-electron chi connectivity index (χ0n) is 13.2. The summed E-state index contributed by atoms with van der Waals surface area (Å²) < 4.78 is 0. The second-order valence-corrected chi connectivity index (χ2v) is 6.00. The van der Waals surface area contributed by atoms with Gasteiger partial charge in [0, 0.05) is 19.5 Å². The number of amides is 1. The van der Waals surface area contributed by atoms with Gasteiger partial charge in [0.1, 0.15) is 0 Å². The smallest absolute Gasteiger partial charge is 0.225 e. The zero-order valence-corrected chi connectivity index (χ0v) is 13.2. The number of hydrogen-bond acceptors (Lipinski definition) is 1. The molecule has 0 saturated heterocycles. The van der Waals surface area contributed by atoms with Crippen LogP contribution in [0.5, 0.6) is 0 Å². The molecule has 0 aromatic rings. The maximum atomic E-state index is 12.0. The predicted octanol–water partition coefficient (Wildman–Crippen LogP) is 4.18. The van der Waals surface area contributed by atoms with Gasteiger partial charge in [-0.2, -0.15) is 0 Å². The molecule has 1 rings (SSSR count). The van der Waals surface area contributed by atoms with Gasteiger partial charge in [0.05, 0.1) is 0 Å². The summed E-state index contributed by atoms with van der Waals surface area (Å²) in [6.07, 6.45) is 9.15. The Bertz CT molecular complexity index is 367. The fourth-order valence-corrected chi connectivity index (χ4v) is 2.47. The molecule has 1 aliphatic carbocycles. The SMILES string of the molecule is CC[C@H](C)C(=O)N(C)C/C=C(\C)C1CC=C(C)CC1. The van der Waals surface area contributed by atoms with Gasteiger partial charge in [-0.3, -0.25) is 4.79 Å². The molecule has 0 heterocycles. The van der Waals surface area contributed by atoms with E-state index in [1.165, 1.54) is 24.0 Å². The first-order chi connectivity index (χ1) is 8.95. The van der Waals surface area contributed by atoms with Gasteiger partial charge in [0.15, 0.2) is 0 Å². The van der Waals surface area contributed by atoms with Crippen LogP contribution in [0.4, 0.5) is 0 Å². The standard InChI is InChI=1S/C17H29NO/c1-6-14(3)17(19)18(5)12-11-15(4)16-9-7-13(2)8-10-16/h7,11,14,16H,6,8-10,12H2,1-5H3/b15-11+/t14-,16?/m0/s1. The molecule has 0 radical (unpaired) electrons. The van der Waals surface area contributed by atoms with Crippen LogP contribution in [0.25, 0.3) is 0 Å². The van der Waals surface area contributed by atoms with E-state index in [1.54, 1.807) is 0 Å². The summed E-state index contributed by atoms with van der Waals surface area (Å²) in [5, 5.41) is 0. The summed E-state index contributed by atoms with van der Waals surface area (Å²) in [6.45, 7) is 9.24. The van der Waals surface area contributed by atoms with Crippen molar-refractivity contribution < 1.29 is 4.79 Å². The lowest BCUT2D eigenvalue weighted by atomic mass is 9.85. The average molecular weight is 263 g/mol. The van der Waals surface area contributed by atoms with Crippen molar-refractivity contribution in [3.05, 3.63) is 23.3 Å². The molecule has 0 aromatic heterocycles. The molecule has 0 spiro atoms. The maximum absolute atomic E-state index is 12.0. The topological polar surface area (TPSA) is 20.3 Å². The molecule has 0 bridgehead atoms. The molecule has 0 fully saturated rings. The van der Waals surface area contributed by atoms with Crippen LogP contribution < -0.4 is 0 Å². The highest BCUT2D eigenvalue weighted by Gasteiger charge is 2.16. The van der Waals surface area contributed by atoms with Crippen LogP contribution in [0.2, 0.25) is 0 Å². The van der Waals surface area contributed by atoms with Crippen molar-refractivity contribution in [2.45, 2.75) is 53.4 Å². The molecule has 0 N–H and O–H groups in total. The van der Waals surface area contributed by atoms with Crippen LogP contribution in [0.1, 0.15) is 53.4 Å². The van der Waals surface area contributed by atoms with Crippen LogP contribution >= 0.6 is 0 Å². The van der Waals surface area contributed by atoms with Crippen LogP contribution in [-0.4, -0.2) is 24.4 Å². The molecule has 2 nitrogen and oxygen atoms in total. The van der Waals surface area contributed by atoms with Gasteiger partial charge in [0.25, 0.3) is 0 Å². The molecule has 19 heavy (non-hydrogen) atoms. The first-order valence-electron chi connectivity index (χ1n) is 7.53. The second kappa shape index (κ2) is 7.52. The van der Waals surface area contributed by atoms with Crippen LogP contribution in [0.15, 0.2) is 23.3 Å². The number of likely N-dealkylation sites (N-methyl/N-ethyl adjacent to an activating group) is 1. The van der Waals surface area contributed by atoms with Gasteiger partial charge in [-0.05, 0) is 45.4 Å². The molecule has 1 amide bonds. The van der Waals surface area contributed by atoms with Gasteiger partial charge in [-0.15, -0.1) is 0 Å². The highest BCUT2D eigenvalue weighted by atomic mass is 16.2. The monoisotopic (exact) mass is 263 g/mol. The quantitative estimate of drug-likeness (QED) is 0.681. The number of carbonyl (C=O) groups excluding carboxylic acids is 1. The van der Waals surface area contributed by atoms with E-state index in [4.69, 9.17) is 0 Å². The first kappa shape index (κ1) is 16.0. The third-order valence-electron chi connectivity index (χ3n) is 4.38. The second-order valence-electron chi connectivity index (χ2n) is 6.00. The maximum Gasteiger partial charge on any atom is 0.225 e. The van der Waals surface area contributed by atoms with Crippen molar-refractivity contribution >= 4 is 5.91 Å². The molecule has 2 atom stereocenters. The molecule has 0 aromatic carbocycles. The summed E-state index contributed by atoms with van der Waals surface area (Å²) >= 11 is 0. The number of nitrogens with zero attached hydrogens (tertiary/aromatic N) is 1. The molecule has 1 aliphatic rings. The van der Waals surface area contributed by atoms with Crippen molar-refractivity contribution in [2.24, 2.45) is 11.8 Å². The Hall–Kier alpha value is -1.05. The van der Waals surface area contributed by atoms with E-state index < -0.39 is 0 Å². The average Bonchev–Trinajstić information content (AvgIpc) is 2.43. The lowest BCUT2D eigenvalue weighted by molar-refractivity contribution is -0.133. The Morgan fingerprint density at radius 3 is 2.79 bits per heavy atom. The van der Waals surface area contributed by atoms with Crippen LogP contribution in [-0.2, 0) is 4.79 Å². The zero-order chi connectivity index (χ0) is 14.4. The molecular formula is C17H29NO. The number of allylic oxidation sites excluding steroid dienone is 3. The van der Waals surface area contributed by atoms with Gasteiger partial charge in [-0.1, -0.05) is 37.1 Å². The fourth-order valence-electron chi connectivity index (χ4n) is 2.47. The molecule has 1 unspecified atom stereocenters. The summed E-state index contributed by atoms with van der Waals surface area (Å²) in [7, 11) is 1.91. The Balaban J connectivity index is 2.49. The summed E-state index contributed by atoms with van der Waals surface area (Å²) in [6, 6.07) is 0. The first-order valence-corrected chi connectivity index (χ1v) is 7.53. The van der Waals surface area contributed by atoms with Gasteiger partial charge >= 0.3 is 0 Å². The lowest BCUT2D eigenvalue weighted by Gasteiger charge is -2.23. The third kappa shape index (κ3) is 4.85. The van der Waals surface area contributed by atoms with Crippen molar-refractivity contribution in [3.63, 3.8) is 0 Å². The van der Waals surface area contributed by atoms with Crippen LogP contribution in [0.3, 0.4) is 0 Å².